The van der Waals surface area contributed by atoms with Gasteiger partial charge in [-0.05, 0) is 0 Å². The van der Waals surface area contributed by atoms with Gasteiger partial charge in [0.15, 0.2) is 0 Å². The minimum Gasteiger partial charge on any atom is -1.00 e. The molecule has 0 heterocycles. The first-order valence-corrected chi connectivity index (χ1v) is 12.2. The fraction of sp³-hybridized carbons (Fsp3) is 0.619. The summed E-state index contributed by atoms with van der Waals surface area (Å²) in [4.78, 5) is 0. The van der Waals surface area contributed by atoms with E-state index in [9.17, 15) is 0 Å². The number of rotatable bonds is 3. The topological polar surface area (TPSA) is 0 Å². The van der Waals surface area contributed by atoms with Crippen LogP contribution in [0.2, 0.25) is 7.25 Å². The quantitative estimate of drug-likeness (QED) is 0.599. The molecule has 0 aliphatic heterocycles. The second-order valence-corrected chi connectivity index (χ2v) is 11.5. The Hall–Kier alpha value is 0.423. The van der Waals surface area contributed by atoms with Crippen molar-refractivity contribution < 1.29 is 48.0 Å². The molecule has 0 aromatic heterocycles. The van der Waals surface area contributed by atoms with E-state index in [1.807, 2.05) is 16.7 Å². The summed E-state index contributed by atoms with van der Waals surface area (Å²) in [7, 11) is 0. The van der Waals surface area contributed by atoms with Crippen molar-refractivity contribution in [1.29, 1.82) is 0 Å². The maximum absolute atomic E-state index is 2.64. The molecule has 0 fully saturated rings. The molecule has 0 saturated carbocycles. The fourth-order valence-corrected chi connectivity index (χ4v) is 10.3. The molecular weight excluding hydrogens is 414 g/mol. The van der Waals surface area contributed by atoms with Crippen LogP contribution >= 0.6 is 0 Å². The second kappa shape index (κ2) is 8.88. The summed E-state index contributed by atoms with van der Waals surface area (Å²) in [6, 6.07) is 0. The van der Waals surface area contributed by atoms with Gasteiger partial charge in [-0.25, -0.2) is 0 Å². The van der Waals surface area contributed by atoms with Crippen LogP contribution in [0.5, 0.6) is 0 Å². The van der Waals surface area contributed by atoms with Crippen LogP contribution in [0.3, 0.4) is 0 Å². The van der Waals surface area contributed by atoms with Crippen LogP contribution in [0.4, 0.5) is 0 Å². The summed E-state index contributed by atoms with van der Waals surface area (Å²) in [6.45, 7) is 4.85. The van der Waals surface area contributed by atoms with Crippen LogP contribution in [-0.2, 0) is 23.2 Å². The number of allylic oxidation sites excluding steroid dienone is 8. The van der Waals surface area contributed by atoms with Gasteiger partial charge < -0.3 is 24.8 Å². The van der Waals surface area contributed by atoms with Gasteiger partial charge >= 0.3 is 148 Å². The normalized spacial score (nSPS) is 28.0. The molecule has 0 aromatic carbocycles. The molecule has 4 aliphatic carbocycles. The van der Waals surface area contributed by atoms with Gasteiger partial charge in [0.25, 0.3) is 0 Å². The molecular formula is C21H28Cl2Zr. The molecule has 0 amide bonds. The third-order valence-electron chi connectivity index (χ3n) is 6.01. The SMILES string of the molecule is CC(C)C1=CC2=C(CCCC2)[CH]1[Zr+2][CH]1C=CC2=C1CCCC2.[Cl-].[Cl-]. The molecule has 0 N–H and O–H groups in total. The maximum atomic E-state index is 2.64. The molecule has 2 atom stereocenters. The molecule has 0 spiro atoms. The van der Waals surface area contributed by atoms with Gasteiger partial charge in [0.05, 0.1) is 0 Å². The summed E-state index contributed by atoms with van der Waals surface area (Å²) in [5, 5.41) is 0. The molecule has 0 aromatic rings. The molecule has 0 nitrogen and oxygen atoms in total. The zero-order valence-electron chi connectivity index (χ0n) is 14.9. The Morgan fingerprint density at radius 2 is 1.50 bits per heavy atom. The molecule has 2 unspecified atom stereocenters. The predicted octanol–water partition coefficient (Wildman–Crippen LogP) is 0.561. The number of hydrogen-bond donors (Lipinski definition) is 0. The molecule has 4 rings (SSSR count). The average Bonchev–Trinajstić information content (AvgIpc) is 3.10. The van der Waals surface area contributed by atoms with Gasteiger partial charge in [0, 0.05) is 0 Å². The van der Waals surface area contributed by atoms with Crippen molar-refractivity contribution in [2.75, 3.05) is 0 Å². The number of hydrogen-bond acceptors (Lipinski definition) is 0. The minimum atomic E-state index is -0.461. The van der Waals surface area contributed by atoms with Crippen molar-refractivity contribution in [1.82, 2.24) is 0 Å². The molecule has 24 heavy (non-hydrogen) atoms. The number of halogens is 2. The van der Waals surface area contributed by atoms with E-state index in [1.165, 1.54) is 51.4 Å². The Kier molecular flexibility index (Phi) is 7.67. The van der Waals surface area contributed by atoms with Gasteiger partial charge in [0.1, 0.15) is 0 Å². The first kappa shape index (κ1) is 20.7. The van der Waals surface area contributed by atoms with Crippen molar-refractivity contribution in [2.45, 2.75) is 72.5 Å². The van der Waals surface area contributed by atoms with E-state index in [0.29, 0.717) is 0 Å². The largest absolute Gasteiger partial charge is 1.00 e. The van der Waals surface area contributed by atoms with Crippen molar-refractivity contribution >= 4 is 0 Å². The van der Waals surface area contributed by atoms with Crippen molar-refractivity contribution in [3.63, 3.8) is 0 Å². The van der Waals surface area contributed by atoms with E-state index in [1.54, 1.807) is 11.1 Å². The van der Waals surface area contributed by atoms with Crippen LogP contribution in [-0.4, -0.2) is 0 Å². The summed E-state index contributed by atoms with van der Waals surface area (Å²) in [5.41, 5.74) is 9.10. The van der Waals surface area contributed by atoms with Crippen molar-refractivity contribution in [3.8, 4) is 0 Å². The van der Waals surface area contributed by atoms with E-state index in [2.05, 4.69) is 32.1 Å². The van der Waals surface area contributed by atoms with Crippen LogP contribution in [0.15, 0.2) is 46.1 Å². The monoisotopic (exact) mass is 440 g/mol. The predicted molar refractivity (Wildman–Crippen MR) is 90.5 cm³/mol. The second-order valence-electron chi connectivity index (χ2n) is 7.75. The molecule has 3 heteroatoms. The molecule has 130 valence electrons. The Morgan fingerprint density at radius 1 is 0.875 bits per heavy atom. The van der Waals surface area contributed by atoms with E-state index in [-0.39, 0.29) is 24.8 Å². The zero-order chi connectivity index (χ0) is 15.1. The van der Waals surface area contributed by atoms with Gasteiger partial charge in [-0.3, -0.25) is 0 Å². The van der Waals surface area contributed by atoms with Crippen LogP contribution in [0.1, 0.15) is 65.2 Å². The Bertz CT molecular complexity index is 595. The van der Waals surface area contributed by atoms with Crippen molar-refractivity contribution in [3.05, 3.63) is 46.1 Å². The van der Waals surface area contributed by atoms with E-state index in [0.717, 1.165) is 13.2 Å². The van der Waals surface area contributed by atoms with E-state index < -0.39 is 23.2 Å². The Labute approximate surface area is 171 Å². The Balaban J connectivity index is 0.00000104. The van der Waals surface area contributed by atoms with Crippen LogP contribution in [0, 0.1) is 5.92 Å². The smallest absolute Gasteiger partial charge is 1.00 e. The van der Waals surface area contributed by atoms with Crippen LogP contribution < -0.4 is 24.8 Å². The summed E-state index contributed by atoms with van der Waals surface area (Å²) < 4.78 is 1.85. The van der Waals surface area contributed by atoms with Gasteiger partial charge in [0.2, 0.25) is 0 Å². The first-order valence-electron chi connectivity index (χ1n) is 9.33. The molecule has 0 saturated heterocycles. The van der Waals surface area contributed by atoms with Gasteiger partial charge in [-0.15, -0.1) is 0 Å². The fourth-order valence-electron chi connectivity index (χ4n) is 4.79. The Morgan fingerprint density at radius 3 is 2.21 bits per heavy atom. The summed E-state index contributed by atoms with van der Waals surface area (Å²) >= 11 is -0.461. The summed E-state index contributed by atoms with van der Waals surface area (Å²) in [6.07, 6.45) is 19.1. The third kappa shape index (κ3) is 3.89. The maximum Gasteiger partial charge on any atom is -1.00 e. The van der Waals surface area contributed by atoms with Gasteiger partial charge in [-0.1, -0.05) is 0 Å². The standard InChI is InChI=1S/C12H17.C9H11.2ClH.Zr/c1-9(2)12-7-10-5-3-4-6-11(10)8-12;1-2-5-9-7-3-6-8(9)4-1;;;/h7-9H,3-6H2,1-2H3;3,6-7H,1-2,4-5H2;2*1H;/q;;;;+2/p-2. The molecule has 0 radical (unpaired) electrons. The molecule has 4 aliphatic rings. The average molecular weight is 443 g/mol. The minimum absolute atomic E-state index is 0. The first-order chi connectivity index (χ1) is 10.7. The molecule has 0 bridgehead atoms. The summed E-state index contributed by atoms with van der Waals surface area (Å²) in [5.74, 6) is 0.752. The van der Waals surface area contributed by atoms with Crippen LogP contribution in [0.25, 0.3) is 0 Å². The van der Waals surface area contributed by atoms with E-state index >= 15 is 0 Å². The van der Waals surface area contributed by atoms with Gasteiger partial charge in [-0.2, -0.15) is 0 Å². The zero-order valence-corrected chi connectivity index (χ0v) is 18.8. The third-order valence-corrected chi connectivity index (χ3v) is 10.7. The van der Waals surface area contributed by atoms with E-state index in [4.69, 9.17) is 0 Å². The van der Waals surface area contributed by atoms with Crippen molar-refractivity contribution in [2.24, 2.45) is 5.92 Å².